The zero-order valence-electron chi connectivity index (χ0n) is 15.4. The number of carbonyl (C=O) groups excluding carboxylic acids is 1. The average molecular weight is 382 g/mol. The number of anilines is 2. The van der Waals surface area contributed by atoms with Crippen molar-refractivity contribution in [2.75, 3.05) is 5.32 Å². The summed E-state index contributed by atoms with van der Waals surface area (Å²) < 4.78 is 5.82. The summed E-state index contributed by atoms with van der Waals surface area (Å²) >= 11 is 0. The maximum Gasteiger partial charge on any atom is 0.248 e. The molecule has 0 spiro atoms. The molecular formula is C23H18N4O2. The highest BCUT2D eigenvalue weighted by molar-refractivity contribution is 5.93. The number of carbonyl (C=O) groups is 1. The fourth-order valence-corrected chi connectivity index (χ4v) is 2.80. The summed E-state index contributed by atoms with van der Waals surface area (Å²) in [5.74, 6) is 1.67. The normalized spacial score (nSPS) is 10.3. The maximum atomic E-state index is 11.3. The Labute approximate surface area is 168 Å². The van der Waals surface area contributed by atoms with E-state index in [0.29, 0.717) is 11.4 Å². The Balaban J connectivity index is 1.51. The van der Waals surface area contributed by atoms with Crippen LogP contribution >= 0.6 is 0 Å². The Hall–Kier alpha value is -4.19. The highest BCUT2D eigenvalue weighted by Gasteiger charge is 2.06. The Bertz CT molecular complexity index is 1130. The van der Waals surface area contributed by atoms with Gasteiger partial charge in [0.1, 0.15) is 23.6 Å². The molecule has 142 valence electrons. The summed E-state index contributed by atoms with van der Waals surface area (Å²) in [6, 6.07) is 26.1. The predicted molar refractivity (Wildman–Crippen MR) is 112 cm³/mol. The minimum Gasteiger partial charge on any atom is -0.457 e. The smallest absolute Gasteiger partial charge is 0.248 e. The number of rotatable bonds is 6. The van der Waals surface area contributed by atoms with E-state index in [4.69, 9.17) is 10.5 Å². The number of hydrogen-bond acceptors (Lipinski definition) is 5. The van der Waals surface area contributed by atoms with Crippen LogP contribution in [-0.2, 0) is 0 Å². The quantitative estimate of drug-likeness (QED) is 0.501. The molecule has 0 aliphatic heterocycles. The molecule has 3 N–H and O–H groups in total. The number of nitrogens with one attached hydrogen (secondary N) is 1. The molecule has 0 atom stereocenters. The van der Waals surface area contributed by atoms with E-state index in [-0.39, 0.29) is 0 Å². The van der Waals surface area contributed by atoms with Crippen molar-refractivity contribution in [3.8, 4) is 22.8 Å². The molecule has 1 heterocycles. The van der Waals surface area contributed by atoms with Gasteiger partial charge in [0.25, 0.3) is 0 Å². The minimum atomic E-state index is -0.477. The SMILES string of the molecule is NC(=O)c1cccc(Nc2cc(-c3ccc(Oc4ccccc4)cc3)ncn2)c1. The van der Waals surface area contributed by atoms with E-state index in [1.807, 2.05) is 66.7 Å². The number of benzene rings is 3. The van der Waals surface area contributed by atoms with Crippen molar-refractivity contribution < 1.29 is 9.53 Å². The molecule has 6 nitrogen and oxygen atoms in total. The van der Waals surface area contributed by atoms with Gasteiger partial charge in [0.05, 0.1) is 5.69 Å². The Morgan fingerprint density at radius 3 is 2.34 bits per heavy atom. The van der Waals surface area contributed by atoms with Gasteiger partial charge in [-0.1, -0.05) is 24.3 Å². The molecule has 0 fully saturated rings. The number of para-hydroxylation sites is 1. The van der Waals surface area contributed by atoms with Gasteiger partial charge in [-0.05, 0) is 54.6 Å². The second-order valence-electron chi connectivity index (χ2n) is 6.30. The van der Waals surface area contributed by atoms with Crippen molar-refractivity contribution in [1.82, 2.24) is 9.97 Å². The summed E-state index contributed by atoms with van der Waals surface area (Å²) in [6.07, 6.45) is 1.49. The molecule has 6 heteroatoms. The second-order valence-corrected chi connectivity index (χ2v) is 6.30. The minimum absolute atomic E-state index is 0.429. The maximum absolute atomic E-state index is 11.3. The molecule has 0 unspecified atom stereocenters. The first-order chi connectivity index (χ1) is 14.2. The summed E-state index contributed by atoms with van der Waals surface area (Å²) in [5.41, 5.74) is 8.18. The first kappa shape index (κ1) is 18.2. The number of primary amides is 1. The lowest BCUT2D eigenvalue weighted by atomic mass is 10.1. The molecule has 0 bridgehead atoms. The highest BCUT2D eigenvalue weighted by Crippen LogP contribution is 2.26. The van der Waals surface area contributed by atoms with Crippen molar-refractivity contribution in [3.63, 3.8) is 0 Å². The number of amides is 1. The molecule has 1 amide bonds. The van der Waals surface area contributed by atoms with Gasteiger partial charge < -0.3 is 15.8 Å². The van der Waals surface area contributed by atoms with Crippen molar-refractivity contribution >= 4 is 17.4 Å². The molecule has 0 saturated carbocycles. The van der Waals surface area contributed by atoms with Gasteiger partial charge in [0, 0.05) is 22.9 Å². The van der Waals surface area contributed by atoms with Crippen LogP contribution in [0.5, 0.6) is 11.5 Å². The zero-order chi connectivity index (χ0) is 20.1. The monoisotopic (exact) mass is 382 g/mol. The second kappa shape index (κ2) is 8.22. The van der Waals surface area contributed by atoms with Crippen LogP contribution in [0.1, 0.15) is 10.4 Å². The van der Waals surface area contributed by atoms with E-state index < -0.39 is 5.91 Å². The number of hydrogen-bond donors (Lipinski definition) is 2. The molecule has 4 rings (SSSR count). The molecule has 0 radical (unpaired) electrons. The van der Waals surface area contributed by atoms with Crippen LogP contribution in [0.4, 0.5) is 11.5 Å². The summed E-state index contributed by atoms with van der Waals surface area (Å²) in [5, 5.41) is 3.17. The fraction of sp³-hybridized carbons (Fsp3) is 0. The Morgan fingerprint density at radius 2 is 1.59 bits per heavy atom. The van der Waals surface area contributed by atoms with Crippen LogP contribution in [0.3, 0.4) is 0 Å². The Morgan fingerprint density at radius 1 is 0.828 bits per heavy atom. The summed E-state index contributed by atoms with van der Waals surface area (Å²) in [7, 11) is 0. The van der Waals surface area contributed by atoms with Crippen LogP contribution < -0.4 is 15.8 Å². The van der Waals surface area contributed by atoms with E-state index in [1.54, 1.807) is 18.2 Å². The van der Waals surface area contributed by atoms with Crippen molar-refractivity contribution in [3.05, 3.63) is 96.8 Å². The topological polar surface area (TPSA) is 90.1 Å². The van der Waals surface area contributed by atoms with Crippen LogP contribution in [0.2, 0.25) is 0 Å². The van der Waals surface area contributed by atoms with Crippen molar-refractivity contribution in [1.29, 1.82) is 0 Å². The van der Waals surface area contributed by atoms with E-state index in [9.17, 15) is 4.79 Å². The van der Waals surface area contributed by atoms with Crippen LogP contribution in [0.15, 0.2) is 91.3 Å². The highest BCUT2D eigenvalue weighted by atomic mass is 16.5. The zero-order valence-corrected chi connectivity index (χ0v) is 15.4. The number of ether oxygens (including phenoxy) is 1. The molecule has 29 heavy (non-hydrogen) atoms. The third-order valence-corrected chi connectivity index (χ3v) is 4.22. The van der Waals surface area contributed by atoms with Gasteiger partial charge >= 0.3 is 0 Å². The predicted octanol–water partition coefficient (Wildman–Crippen LogP) is 4.78. The van der Waals surface area contributed by atoms with Crippen LogP contribution in [0.25, 0.3) is 11.3 Å². The lowest BCUT2D eigenvalue weighted by molar-refractivity contribution is 0.100. The third-order valence-electron chi connectivity index (χ3n) is 4.22. The number of nitrogens with zero attached hydrogens (tertiary/aromatic N) is 2. The first-order valence-electron chi connectivity index (χ1n) is 9.00. The van der Waals surface area contributed by atoms with Crippen LogP contribution in [0, 0.1) is 0 Å². The first-order valence-corrected chi connectivity index (χ1v) is 9.00. The van der Waals surface area contributed by atoms with Gasteiger partial charge in [0.15, 0.2) is 0 Å². The van der Waals surface area contributed by atoms with Gasteiger partial charge in [0.2, 0.25) is 5.91 Å². The molecule has 0 saturated heterocycles. The fourth-order valence-electron chi connectivity index (χ4n) is 2.80. The van der Waals surface area contributed by atoms with E-state index in [0.717, 1.165) is 28.4 Å². The van der Waals surface area contributed by atoms with Crippen molar-refractivity contribution in [2.24, 2.45) is 5.73 Å². The molecule has 0 aliphatic rings. The largest absolute Gasteiger partial charge is 0.457 e. The lowest BCUT2D eigenvalue weighted by Gasteiger charge is -2.09. The summed E-state index contributed by atoms with van der Waals surface area (Å²) in [4.78, 5) is 19.9. The molecule has 1 aromatic heterocycles. The van der Waals surface area contributed by atoms with Gasteiger partial charge in [-0.25, -0.2) is 9.97 Å². The molecule has 3 aromatic carbocycles. The van der Waals surface area contributed by atoms with E-state index in [2.05, 4.69) is 15.3 Å². The molecule has 0 aliphatic carbocycles. The Kier molecular flexibility index (Phi) is 5.16. The third kappa shape index (κ3) is 4.56. The van der Waals surface area contributed by atoms with Gasteiger partial charge in [-0.3, -0.25) is 4.79 Å². The van der Waals surface area contributed by atoms with Crippen molar-refractivity contribution in [2.45, 2.75) is 0 Å². The lowest BCUT2D eigenvalue weighted by Crippen LogP contribution is -2.10. The van der Waals surface area contributed by atoms with Gasteiger partial charge in [-0.2, -0.15) is 0 Å². The molecule has 4 aromatic rings. The standard InChI is InChI=1S/C23H18N4O2/c24-23(28)17-5-4-6-18(13-17)27-22-14-21(25-15-26-22)16-9-11-20(12-10-16)29-19-7-2-1-3-8-19/h1-15H,(H2,24,28)(H,25,26,27). The van der Waals surface area contributed by atoms with Gasteiger partial charge in [-0.15, -0.1) is 0 Å². The average Bonchev–Trinajstić information content (AvgIpc) is 2.75. The van der Waals surface area contributed by atoms with Crippen LogP contribution in [-0.4, -0.2) is 15.9 Å². The molecular weight excluding hydrogens is 364 g/mol. The number of aromatic nitrogens is 2. The van der Waals surface area contributed by atoms with E-state index >= 15 is 0 Å². The number of nitrogens with two attached hydrogens (primary N) is 1. The summed E-state index contributed by atoms with van der Waals surface area (Å²) in [6.45, 7) is 0. The van der Waals surface area contributed by atoms with E-state index in [1.165, 1.54) is 6.33 Å².